The number of fused-ring (bicyclic) bond motifs is 1. The molecular formula is C21H28N2O. The van der Waals surface area contributed by atoms with Crippen LogP contribution in [0.4, 0.5) is 0 Å². The van der Waals surface area contributed by atoms with Gasteiger partial charge in [-0.1, -0.05) is 49.4 Å². The molecule has 1 amide bonds. The van der Waals surface area contributed by atoms with E-state index in [0.717, 1.165) is 19.5 Å². The third kappa shape index (κ3) is 4.57. The Hall–Kier alpha value is -1.87. The van der Waals surface area contributed by atoms with Gasteiger partial charge in [-0.25, -0.2) is 0 Å². The molecule has 24 heavy (non-hydrogen) atoms. The second-order valence-corrected chi connectivity index (χ2v) is 7.07. The molecule has 3 heteroatoms. The quantitative estimate of drug-likeness (QED) is 0.853. The van der Waals surface area contributed by atoms with E-state index in [1.807, 2.05) is 0 Å². The lowest BCUT2D eigenvalue weighted by Gasteiger charge is -2.28. The number of benzene rings is 2. The highest BCUT2D eigenvalue weighted by Gasteiger charge is 2.21. The van der Waals surface area contributed by atoms with Gasteiger partial charge in [-0.15, -0.1) is 0 Å². The van der Waals surface area contributed by atoms with Gasteiger partial charge in [0.15, 0.2) is 0 Å². The number of amides is 1. The van der Waals surface area contributed by atoms with Crippen LogP contribution in [0.3, 0.4) is 0 Å². The van der Waals surface area contributed by atoms with E-state index in [0.29, 0.717) is 24.8 Å². The van der Waals surface area contributed by atoms with Crippen LogP contribution >= 0.6 is 0 Å². The molecule has 3 rings (SSSR count). The monoisotopic (exact) mass is 324 g/mol. The Kier molecular flexibility index (Phi) is 5.86. The minimum atomic E-state index is 0.189. The van der Waals surface area contributed by atoms with Crippen LogP contribution in [0.2, 0.25) is 0 Å². The molecule has 1 fully saturated rings. The maximum absolute atomic E-state index is 12.2. The summed E-state index contributed by atoms with van der Waals surface area (Å²) in [6.07, 6.45) is 4.01. The molecule has 1 heterocycles. The molecule has 0 saturated carbocycles. The summed E-state index contributed by atoms with van der Waals surface area (Å²) in [4.78, 5) is 12.2. The van der Waals surface area contributed by atoms with Gasteiger partial charge in [0.25, 0.3) is 0 Å². The molecule has 3 nitrogen and oxygen atoms in total. The minimum Gasteiger partial charge on any atom is -0.356 e. The molecule has 1 saturated heterocycles. The summed E-state index contributed by atoms with van der Waals surface area (Å²) in [7, 11) is 0. The van der Waals surface area contributed by atoms with Crippen LogP contribution in [-0.2, 0) is 11.2 Å². The molecule has 2 N–H and O–H groups in total. The molecule has 0 bridgehead atoms. The number of hydrogen-bond acceptors (Lipinski definition) is 2. The van der Waals surface area contributed by atoms with Crippen molar-refractivity contribution in [3.8, 4) is 0 Å². The highest BCUT2D eigenvalue weighted by molar-refractivity contribution is 5.83. The Labute approximate surface area is 144 Å². The van der Waals surface area contributed by atoms with Gasteiger partial charge in [-0.3, -0.25) is 4.79 Å². The Bertz CT molecular complexity index is 676. The van der Waals surface area contributed by atoms with Gasteiger partial charge >= 0.3 is 0 Å². The molecule has 1 aliphatic rings. The Morgan fingerprint density at radius 3 is 2.88 bits per heavy atom. The molecule has 128 valence electrons. The smallest absolute Gasteiger partial charge is 0.220 e. The van der Waals surface area contributed by atoms with Crippen molar-refractivity contribution in [3.63, 3.8) is 0 Å². The first-order chi connectivity index (χ1) is 11.7. The number of carbonyl (C=O) groups excluding carboxylic acids is 1. The molecular weight excluding hydrogens is 296 g/mol. The second-order valence-electron chi connectivity index (χ2n) is 7.07. The number of piperidine rings is 1. The summed E-state index contributed by atoms with van der Waals surface area (Å²) in [5.41, 5.74) is 1.28. The summed E-state index contributed by atoms with van der Waals surface area (Å²) in [6.45, 7) is 5.11. The van der Waals surface area contributed by atoms with Crippen molar-refractivity contribution in [2.24, 2.45) is 11.8 Å². The van der Waals surface area contributed by atoms with Crippen molar-refractivity contribution in [1.82, 2.24) is 10.6 Å². The average Bonchev–Trinajstić information content (AvgIpc) is 2.62. The molecule has 0 radical (unpaired) electrons. The summed E-state index contributed by atoms with van der Waals surface area (Å²) in [5, 5.41) is 9.05. The van der Waals surface area contributed by atoms with E-state index in [9.17, 15) is 4.79 Å². The lowest BCUT2D eigenvalue weighted by molar-refractivity contribution is -0.122. The molecule has 0 aromatic heterocycles. The van der Waals surface area contributed by atoms with Gasteiger partial charge < -0.3 is 10.6 Å². The number of hydrogen-bond donors (Lipinski definition) is 2. The average molecular weight is 324 g/mol. The second kappa shape index (κ2) is 8.29. The lowest BCUT2D eigenvalue weighted by Crippen LogP contribution is -2.36. The summed E-state index contributed by atoms with van der Waals surface area (Å²) < 4.78 is 0. The zero-order valence-corrected chi connectivity index (χ0v) is 14.6. The summed E-state index contributed by atoms with van der Waals surface area (Å²) in [6, 6.07) is 14.9. The Morgan fingerprint density at radius 2 is 2.08 bits per heavy atom. The van der Waals surface area contributed by atoms with Gasteiger partial charge in [0.1, 0.15) is 0 Å². The van der Waals surface area contributed by atoms with E-state index in [1.54, 1.807) is 0 Å². The van der Waals surface area contributed by atoms with Gasteiger partial charge in [0, 0.05) is 13.0 Å². The van der Waals surface area contributed by atoms with Crippen molar-refractivity contribution in [3.05, 3.63) is 48.0 Å². The highest BCUT2D eigenvalue weighted by atomic mass is 16.1. The maximum atomic E-state index is 12.2. The largest absolute Gasteiger partial charge is 0.356 e. The standard InChI is InChI=1S/C21H28N2O/c1-16(20-7-4-11-22-15-20)13-21(24)23-12-10-17-8-9-18-5-2-3-6-19(18)14-17/h2-3,5-6,8-9,14,16,20,22H,4,7,10-13,15H2,1H3,(H,23,24). The van der Waals surface area contributed by atoms with E-state index in [2.05, 4.69) is 60.0 Å². The van der Waals surface area contributed by atoms with Crippen LogP contribution in [0.25, 0.3) is 10.8 Å². The maximum Gasteiger partial charge on any atom is 0.220 e. The van der Waals surface area contributed by atoms with E-state index < -0.39 is 0 Å². The molecule has 0 spiro atoms. The van der Waals surface area contributed by atoms with Crippen molar-refractivity contribution >= 4 is 16.7 Å². The molecule has 2 unspecified atom stereocenters. The fraction of sp³-hybridized carbons (Fsp3) is 0.476. The summed E-state index contributed by atoms with van der Waals surface area (Å²) in [5.74, 6) is 1.29. The third-order valence-corrected chi connectivity index (χ3v) is 5.20. The van der Waals surface area contributed by atoms with Gasteiger partial charge in [-0.2, -0.15) is 0 Å². The highest BCUT2D eigenvalue weighted by Crippen LogP contribution is 2.22. The van der Waals surface area contributed by atoms with E-state index >= 15 is 0 Å². The fourth-order valence-corrected chi connectivity index (χ4v) is 3.64. The number of carbonyl (C=O) groups is 1. The first kappa shape index (κ1) is 17.0. The number of nitrogens with one attached hydrogen (secondary N) is 2. The van der Waals surface area contributed by atoms with Crippen LogP contribution in [-0.4, -0.2) is 25.5 Å². The molecule has 0 aliphatic carbocycles. The lowest BCUT2D eigenvalue weighted by atomic mass is 9.85. The molecule has 2 aromatic rings. The molecule has 1 aliphatic heterocycles. The molecule has 2 atom stereocenters. The van der Waals surface area contributed by atoms with Gasteiger partial charge in [-0.05, 0) is 60.5 Å². The van der Waals surface area contributed by atoms with Crippen LogP contribution in [0.15, 0.2) is 42.5 Å². The molecule has 2 aromatic carbocycles. The van der Waals surface area contributed by atoms with Gasteiger partial charge in [0.05, 0.1) is 0 Å². The van der Waals surface area contributed by atoms with Crippen molar-refractivity contribution < 1.29 is 4.79 Å². The van der Waals surface area contributed by atoms with Crippen LogP contribution in [0.1, 0.15) is 31.7 Å². The SMILES string of the molecule is CC(CC(=O)NCCc1ccc2ccccc2c1)C1CCCNC1. The Balaban J connectivity index is 1.43. The number of rotatable bonds is 6. The van der Waals surface area contributed by atoms with E-state index in [-0.39, 0.29) is 5.91 Å². The zero-order chi connectivity index (χ0) is 16.8. The normalized spacial score (nSPS) is 19.1. The first-order valence-electron chi connectivity index (χ1n) is 9.17. The van der Waals surface area contributed by atoms with E-state index in [1.165, 1.54) is 29.2 Å². The fourth-order valence-electron chi connectivity index (χ4n) is 3.64. The third-order valence-electron chi connectivity index (χ3n) is 5.20. The van der Waals surface area contributed by atoms with Crippen molar-refractivity contribution in [2.45, 2.75) is 32.6 Å². The van der Waals surface area contributed by atoms with Gasteiger partial charge in [0.2, 0.25) is 5.91 Å². The predicted octanol–water partition coefficient (Wildman–Crippen LogP) is 3.52. The van der Waals surface area contributed by atoms with Crippen LogP contribution < -0.4 is 10.6 Å². The van der Waals surface area contributed by atoms with E-state index in [4.69, 9.17) is 0 Å². The van der Waals surface area contributed by atoms with Crippen LogP contribution in [0, 0.1) is 11.8 Å². The zero-order valence-electron chi connectivity index (χ0n) is 14.6. The predicted molar refractivity (Wildman–Crippen MR) is 100 cm³/mol. The van der Waals surface area contributed by atoms with Crippen LogP contribution in [0.5, 0.6) is 0 Å². The minimum absolute atomic E-state index is 0.189. The van der Waals surface area contributed by atoms with Crippen molar-refractivity contribution in [2.75, 3.05) is 19.6 Å². The first-order valence-corrected chi connectivity index (χ1v) is 9.17. The topological polar surface area (TPSA) is 41.1 Å². The summed E-state index contributed by atoms with van der Waals surface area (Å²) >= 11 is 0. The Morgan fingerprint density at radius 1 is 1.25 bits per heavy atom. The van der Waals surface area contributed by atoms with Crippen molar-refractivity contribution in [1.29, 1.82) is 0 Å².